The summed E-state index contributed by atoms with van der Waals surface area (Å²) in [6, 6.07) is 14.6. The fourth-order valence-electron chi connectivity index (χ4n) is 3.55. The van der Waals surface area contributed by atoms with Crippen molar-refractivity contribution in [1.82, 2.24) is 5.32 Å². The van der Waals surface area contributed by atoms with Crippen LogP contribution in [0.4, 0.5) is 5.69 Å². The van der Waals surface area contributed by atoms with Crippen LogP contribution in [0.2, 0.25) is 0 Å². The maximum Gasteiger partial charge on any atom is 0.252 e. The van der Waals surface area contributed by atoms with E-state index in [9.17, 15) is 4.79 Å². The molecular formula is C22H28N2O. The van der Waals surface area contributed by atoms with Gasteiger partial charge in [-0.05, 0) is 69.4 Å². The molecule has 1 fully saturated rings. The average Bonchev–Trinajstić information content (AvgIpc) is 2.62. The van der Waals surface area contributed by atoms with Crippen LogP contribution in [0.15, 0.2) is 42.5 Å². The summed E-state index contributed by atoms with van der Waals surface area (Å²) in [7, 11) is 0. The van der Waals surface area contributed by atoms with Gasteiger partial charge in [-0.15, -0.1) is 0 Å². The first-order chi connectivity index (χ1) is 12.0. The van der Waals surface area contributed by atoms with Crippen molar-refractivity contribution < 1.29 is 4.79 Å². The maximum atomic E-state index is 12.6. The molecule has 1 atom stereocenters. The van der Waals surface area contributed by atoms with E-state index in [2.05, 4.69) is 34.5 Å². The first kappa shape index (κ1) is 17.5. The molecule has 0 aromatic heterocycles. The van der Waals surface area contributed by atoms with Crippen LogP contribution >= 0.6 is 0 Å². The van der Waals surface area contributed by atoms with Crippen LogP contribution in [0.25, 0.3) is 0 Å². The minimum atomic E-state index is -0.0105. The Morgan fingerprint density at radius 1 is 1.00 bits per heavy atom. The van der Waals surface area contributed by atoms with Crippen molar-refractivity contribution in [3.63, 3.8) is 0 Å². The summed E-state index contributed by atoms with van der Waals surface area (Å²) >= 11 is 0. The van der Waals surface area contributed by atoms with Crippen molar-refractivity contribution in [3.05, 3.63) is 64.7 Å². The minimum absolute atomic E-state index is 0.00916. The molecule has 1 heterocycles. The number of piperidine rings is 1. The van der Waals surface area contributed by atoms with Gasteiger partial charge in [0, 0.05) is 24.3 Å². The number of hydrogen-bond donors (Lipinski definition) is 1. The molecule has 0 bridgehead atoms. The predicted molar refractivity (Wildman–Crippen MR) is 104 cm³/mol. The van der Waals surface area contributed by atoms with E-state index in [1.807, 2.05) is 39.0 Å². The molecule has 3 nitrogen and oxygen atoms in total. The fourth-order valence-corrected chi connectivity index (χ4v) is 3.55. The lowest BCUT2D eigenvalue weighted by Crippen LogP contribution is -2.29. The Morgan fingerprint density at radius 2 is 1.68 bits per heavy atom. The number of amides is 1. The normalized spacial score (nSPS) is 15.7. The van der Waals surface area contributed by atoms with Crippen LogP contribution in [0.5, 0.6) is 0 Å². The van der Waals surface area contributed by atoms with E-state index in [-0.39, 0.29) is 11.9 Å². The van der Waals surface area contributed by atoms with Crippen molar-refractivity contribution in [2.75, 3.05) is 18.0 Å². The summed E-state index contributed by atoms with van der Waals surface area (Å²) in [6.45, 7) is 8.37. The quantitative estimate of drug-likeness (QED) is 0.871. The van der Waals surface area contributed by atoms with Gasteiger partial charge >= 0.3 is 0 Å². The van der Waals surface area contributed by atoms with Gasteiger partial charge in [-0.3, -0.25) is 4.79 Å². The Morgan fingerprint density at radius 3 is 2.32 bits per heavy atom. The molecule has 1 aliphatic rings. The number of rotatable bonds is 4. The molecule has 0 aliphatic carbocycles. The molecular weight excluding hydrogens is 308 g/mol. The Balaban J connectivity index is 1.66. The van der Waals surface area contributed by atoms with Gasteiger partial charge in [0.25, 0.3) is 5.91 Å². The maximum absolute atomic E-state index is 12.6. The van der Waals surface area contributed by atoms with Gasteiger partial charge in [0.2, 0.25) is 0 Å². The molecule has 1 unspecified atom stereocenters. The van der Waals surface area contributed by atoms with E-state index in [1.54, 1.807) is 0 Å². The summed E-state index contributed by atoms with van der Waals surface area (Å²) in [5, 5.41) is 3.12. The van der Waals surface area contributed by atoms with Crippen LogP contribution in [-0.2, 0) is 0 Å². The van der Waals surface area contributed by atoms with Gasteiger partial charge in [0.05, 0.1) is 6.04 Å². The molecule has 2 aromatic carbocycles. The molecule has 25 heavy (non-hydrogen) atoms. The Bertz CT molecular complexity index is 730. The van der Waals surface area contributed by atoms with Gasteiger partial charge < -0.3 is 10.2 Å². The Hall–Kier alpha value is -2.29. The minimum Gasteiger partial charge on any atom is -0.372 e. The monoisotopic (exact) mass is 336 g/mol. The van der Waals surface area contributed by atoms with Gasteiger partial charge in [0.15, 0.2) is 0 Å². The molecule has 1 N–H and O–H groups in total. The van der Waals surface area contributed by atoms with E-state index in [0.717, 1.165) is 29.8 Å². The third-order valence-electron chi connectivity index (χ3n) is 5.09. The molecule has 3 rings (SSSR count). The van der Waals surface area contributed by atoms with Crippen LogP contribution < -0.4 is 10.2 Å². The summed E-state index contributed by atoms with van der Waals surface area (Å²) in [6.07, 6.45) is 3.91. The van der Waals surface area contributed by atoms with Gasteiger partial charge in [-0.25, -0.2) is 0 Å². The number of carbonyl (C=O) groups is 1. The first-order valence-electron chi connectivity index (χ1n) is 9.27. The summed E-state index contributed by atoms with van der Waals surface area (Å²) in [5.74, 6) is -0.00916. The summed E-state index contributed by atoms with van der Waals surface area (Å²) in [4.78, 5) is 15.0. The highest BCUT2D eigenvalue weighted by Gasteiger charge is 2.15. The fraction of sp³-hybridized carbons (Fsp3) is 0.409. The smallest absolute Gasteiger partial charge is 0.252 e. The second-order valence-electron chi connectivity index (χ2n) is 7.15. The summed E-state index contributed by atoms with van der Waals surface area (Å²) < 4.78 is 0. The van der Waals surface area contributed by atoms with E-state index in [1.165, 1.54) is 30.5 Å². The third-order valence-corrected chi connectivity index (χ3v) is 5.09. The molecule has 1 saturated heterocycles. The largest absolute Gasteiger partial charge is 0.372 e. The van der Waals surface area contributed by atoms with Crippen LogP contribution in [0.3, 0.4) is 0 Å². The highest BCUT2D eigenvalue weighted by atomic mass is 16.1. The SMILES string of the molecule is Cc1ccc(C(=O)NC(C)c2ccc(N3CCCCC3)cc2)c(C)c1. The van der Waals surface area contributed by atoms with Gasteiger partial charge in [0.1, 0.15) is 0 Å². The molecule has 2 aromatic rings. The van der Waals surface area contributed by atoms with Crippen LogP contribution in [0, 0.1) is 13.8 Å². The highest BCUT2D eigenvalue weighted by molar-refractivity contribution is 5.95. The van der Waals surface area contributed by atoms with Crippen molar-refractivity contribution in [3.8, 4) is 0 Å². The number of hydrogen-bond acceptors (Lipinski definition) is 2. The van der Waals surface area contributed by atoms with E-state index in [0.29, 0.717) is 0 Å². The lowest BCUT2D eigenvalue weighted by atomic mass is 10.0. The lowest BCUT2D eigenvalue weighted by Gasteiger charge is -2.29. The van der Waals surface area contributed by atoms with Gasteiger partial charge in [-0.1, -0.05) is 29.8 Å². The average molecular weight is 336 g/mol. The third kappa shape index (κ3) is 4.22. The summed E-state index contributed by atoms with van der Waals surface area (Å²) in [5.41, 5.74) is 5.37. The Labute approximate surface area is 151 Å². The zero-order valence-corrected chi connectivity index (χ0v) is 15.5. The number of nitrogens with one attached hydrogen (secondary N) is 1. The van der Waals surface area contributed by atoms with Crippen LogP contribution in [0.1, 0.15) is 59.3 Å². The number of anilines is 1. The second kappa shape index (κ2) is 7.73. The van der Waals surface area contributed by atoms with E-state index >= 15 is 0 Å². The van der Waals surface area contributed by atoms with Crippen molar-refractivity contribution in [2.45, 2.75) is 46.1 Å². The lowest BCUT2D eigenvalue weighted by molar-refractivity contribution is 0.0939. The molecule has 3 heteroatoms. The molecule has 1 amide bonds. The molecule has 0 saturated carbocycles. The standard InChI is InChI=1S/C22H28N2O/c1-16-7-12-21(17(2)15-16)22(25)23-18(3)19-8-10-20(11-9-19)24-13-5-4-6-14-24/h7-12,15,18H,4-6,13-14H2,1-3H3,(H,23,25). The topological polar surface area (TPSA) is 32.3 Å². The first-order valence-corrected chi connectivity index (χ1v) is 9.27. The van der Waals surface area contributed by atoms with Crippen molar-refractivity contribution in [1.29, 1.82) is 0 Å². The predicted octanol–water partition coefficient (Wildman–Crippen LogP) is 4.78. The Kier molecular flexibility index (Phi) is 5.42. The van der Waals surface area contributed by atoms with Crippen molar-refractivity contribution in [2.24, 2.45) is 0 Å². The highest BCUT2D eigenvalue weighted by Crippen LogP contribution is 2.23. The molecule has 132 valence electrons. The van der Waals surface area contributed by atoms with Gasteiger partial charge in [-0.2, -0.15) is 0 Å². The molecule has 0 spiro atoms. The van der Waals surface area contributed by atoms with E-state index < -0.39 is 0 Å². The number of carbonyl (C=O) groups excluding carboxylic acids is 1. The van der Waals surface area contributed by atoms with E-state index in [4.69, 9.17) is 0 Å². The number of nitrogens with zero attached hydrogens (tertiary/aromatic N) is 1. The number of aryl methyl sites for hydroxylation is 2. The van der Waals surface area contributed by atoms with Crippen molar-refractivity contribution >= 4 is 11.6 Å². The molecule has 0 radical (unpaired) electrons. The van der Waals surface area contributed by atoms with Crippen LogP contribution in [-0.4, -0.2) is 19.0 Å². The zero-order valence-electron chi connectivity index (χ0n) is 15.5. The number of benzene rings is 2. The zero-order chi connectivity index (χ0) is 17.8. The second-order valence-corrected chi connectivity index (χ2v) is 7.15. The molecule has 1 aliphatic heterocycles.